The van der Waals surface area contributed by atoms with Gasteiger partial charge in [-0.15, -0.1) is 0 Å². The Morgan fingerprint density at radius 1 is 1.10 bits per heavy atom. The molecule has 0 spiro atoms. The van der Waals surface area contributed by atoms with Crippen LogP contribution in [0.2, 0.25) is 0 Å². The Labute approximate surface area is 173 Å². The van der Waals surface area contributed by atoms with E-state index in [1.807, 2.05) is 6.07 Å². The van der Waals surface area contributed by atoms with Gasteiger partial charge in [-0.1, -0.05) is 37.6 Å². The first kappa shape index (κ1) is 19.6. The normalized spacial score (nSPS) is 15.2. The second-order valence-electron chi connectivity index (χ2n) is 8.13. The van der Waals surface area contributed by atoms with Gasteiger partial charge in [0.2, 0.25) is 0 Å². The molecule has 1 aromatic heterocycles. The van der Waals surface area contributed by atoms with E-state index in [-0.39, 0.29) is 0 Å². The van der Waals surface area contributed by atoms with E-state index in [9.17, 15) is 0 Å². The maximum absolute atomic E-state index is 5.63. The third-order valence-electron chi connectivity index (χ3n) is 5.82. The van der Waals surface area contributed by atoms with Gasteiger partial charge >= 0.3 is 0 Å². The number of ether oxygens (including phenoxy) is 1. The van der Waals surface area contributed by atoms with Gasteiger partial charge in [0.1, 0.15) is 11.3 Å². The van der Waals surface area contributed by atoms with Crippen LogP contribution in [0.1, 0.15) is 54.9 Å². The molecule has 4 rings (SSSR count). The highest BCUT2D eigenvalue weighted by molar-refractivity contribution is 5.90. The molecule has 0 aliphatic heterocycles. The molecule has 1 fully saturated rings. The van der Waals surface area contributed by atoms with Gasteiger partial charge in [0, 0.05) is 5.39 Å². The van der Waals surface area contributed by atoms with Gasteiger partial charge < -0.3 is 9.15 Å². The Bertz CT molecular complexity index is 1080. The number of fused-ring (bicyclic) bond motifs is 1. The summed E-state index contributed by atoms with van der Waals surface area (Å²) >= 11 is 0. The number of hydrogen-bond donors (Lipinski definition) is 0. The zero-order valence-corrected chi connectivity index (χ0v) is 17.9. The quantitative estimate of drug-likeness (QED) is 0.388. The van der Waals surface area contributed by atoms with Crippen molar-refractivity contribution in [1.29, 1.82) is 0 Å². The lowest BCUT2D eigenvalue weighted by atomic mass is 9.91. The van der Waals surface area contributed by atoms with Crippen molar-refractivity contribution in [1.82, 2.24) is 0 Å². The number of rotatable bonds is 7. The fourth-order valence-electron chi connectivity index (χ4n) is 4.05. The van der Waals surface area contributed by atoms with Crippen LogP contribution >= 0.6 is 0 Å². The molecule has 1 aliphatic rings. The molecule has 0 bridgehead atoms. The first-order chi connectivity index (χ1) is 14.1. The predicted octanol–water partition coefficient (Wildman–Crippen LogP) is 7.74. The van der Waals surface area contributed by atoms with Gasteiger partial charge in [-0.05, 0) is 96.7 Å². The van der Waals surface area contributed by atoms with E-state index >= 15 is 0 Å². The van der Waals surface area contributed by atoms with Gasteiger partial charge in [-0.3, -0.25) is 0 Å². The molecule has 0 amide bonds. The molecule has 3 aromatic rings. The number of aryl methyl sites for hydroxylation is 2. The molecule has 2 nitrogen and oxygen atoms in total. The Morgan fingerprint density at radius 2 is 1.93 bits per heavy atom. The van der Waals surface area contributed by atoms with Crippen LogP contribution in [-0.2, 0) is 0 Å². The Kier molecular flexibility index (Phi) is 5.62. The average Bonchev–Trinajstić information content (AvgIpc) is 3.45. The molecule has 1 heterocycles. The zero-order chi connectivity index (χ0) is 20.4. The summed E-state index contributed by atoms with van der Waals surface area (Å²) in [5, 5.41) is 1.15. The highest BCUT2D eigenvalue weighted by atomic mass is 16.5. The van der Waals surface area contributed by atoms with Crippen LogP contribution in [0.25, 0.3) is 22.1 Å². The first-order valence-electron chi connectivity index (χ1n) is 10.7. The van der Waals surface area contributed by atoms with Gasteiger partial charge in [-0.2, -0.15) is 0 Å². The number of allylic oxidation sites excluding steroid dienone is 4. The van der Waals surface area contributed by atoms with Crippen molar-refractivity contribution < 1.29 is 9.15 Å². The lowest BCUT2D eigenvalue weighted by Gasteiger charge is -2.16. The fourth-order valence-corrected chi connectivity index (χ4v) is 4.05. The van der Waals surface area contributed by atoms with Crippen molar-refractivity contribution in [2.45, 2.75) is 46.5 Å². The molecule has 150 valence electrons. The van der Waals surface area contributed by atoms with Crippen molar-refractivity contribution in [3.05, 3.63) is 77.1 Å². The summed E-state index contributed by atoms with van der Waals surface area (Å²) in [6.07, 6.45) is 11.3. The van der Waals surface area contributed by atoms with Gasteiger partial charge in [0.15, 0.2) is 0 Å². The summed E-state index contributed by atoms with van der Waals surface area (Å²) in [5.74, 6) is 1.61. The Morgan fingerprint density at radius 3 is 2.66 bits per heavy atom. The third-order valence-corrected chi connectivity index (χ3v) is 5.82. The van der Waals surface area contributed by atoms with E-state index in [1.54, 1.807) is 13.4 Å². The van der Waals surface area contributed by atoms with Crippen LogP contribution in [-0.4, -0.2) is 7.11 Å². The topological polar surface area (TPSA) is 22.4 Å². The molecule has 2 aromatic carbocycles. The van der Waals surface area contributed by atoms with E-state index in [0.29, 0.717) is 5.92 Å². The lowest BCUT2D eigenvalue weighted by molar-refractivity contribution is 0.411. The minimum absolute atomic E-state index is 0.642. The van der Waals surface area contributed by atoms with Gasteiger partial charge in [0.05, 0.1) is 13.4 Å². The highest BCUT2D eigenvalue weighted by Crippen LogP contribution is 2.45. The van der Waals surface area contributed by atoms with E-state index in [1.165, 1.54) is 46.2 Å². The lowest BCUT2D eigenvalue weighted by Crippen LogP contribution is -1.97. The smallest absolute Gasteiger partial charge is 0.133 e. The second-order valence-corrected chi connectivity index (χ2v) is 8.13. The molecule has 0 atom stereocenters. The maximum Gasteiger partial charge on any atom is 0.133 e. The second kappa shape index (κ2) is 8.32. The van der Waals surface area contributed by atoms with Crippen molar-refractivity contribution in [3.8, 4) is 5.75 Å². The number of methoxy groups -OCH3 is 1. The molecule has 0 unspecified atom stereocenters. The SMILES string of the molecule is CCC/C=C(/C=C(\c1cc(OC)c(C)cc1C)C1CC1)c1ccc2occc2c1. The molecule has 0 saturated heterocycles. The standard InChI is InChI=1S/C27H30O2/c1-5-6-7-21(22-10-11-26-23(15-22)12-13-29-26)16-25(20-8-9-20)24-17-27(28-4)19(3)14-18(24)2/h7,10-17,20H,5-6,8-9H2,1-4H3/b21-7-,25-16-. The zero-order valence-electron chi connectivity index (χ0n) is 17.9. The van der Waals surface area contributed by atoms with Crippen LogP contribution < -0.4 is 4.74 Å². The molecule has 0 radical (unpaired) electrons. The third kappa shape index (κ3) is 4.17. The van der Waals surface area contributed by atoms with Crippen LogP contribution in [0.3, 0.4) is 0 Å². The maximum atomic E-state index is 5.63. The summed E-state index contributed by atoms with van der Waals surface area (Å²) < 4.78 is 11.2. The highest BCUT2D eigenvalue weighted by Gasteiger charge is 2.28. The largest absolute Gasteiger partial charge is 0.496 e. The van der Waals surface area contributed by atoms with Crippen LogP contribution in [0.4, 0.5) is 0 Å². The first-order valence-corrected chi connectivity index (χ1v) is 10.7. The Hall–Kier alpha value is -2.74. The molecular formula is C27H30O2. The monoisotopic (exact) mass is 386 g/mol. The summed E-state index contributed by atoms with van der Waals surface area (Å²) in [5.41, 5.74) is 8.77. The Balaban J connectivity index is 1.82. The van der Waals surface area contributed by atoms with Crippen molar-refractivity contribution in [2.24, 2.45) is 5.92 Å². The molecule has 2 heteroatoms. The number of hydrogen-bond acceptors (Lipinski definition) is 2. The van der Waals surface area contributed by atoms with Gasteiger partial charge in [-0.25, -0.2) is 0 Å². The number of furan rings is 1. The molecule has 1 aliphatic carbocycles. The van der Waals surface area contributed by atoms with Crippen LogP contribution in [0, 0.1) is 19.8 Å². The molecular weight excluding hydrogens is 356 g/mol. The summed E-state index contributed by atoms with van der Waals surface area (Å²) in [7, 11) is 1.76. The van der Waals surface area contributed by atoms with E-state index in [2.05, 4.69) is 63.3 Å². The number of unbranched alkanes of at least 4 members (excludes halogenated alkanes) is 1. The number of benzene rings is 2. The predicted molar refractivity (Wildman–Crippen MR) is 122 cm³/mol. The minimum atomic E-state index is 0.642. The molecule has 0 N–H and O–H groups in total. The van der Waals surface area contributed by atoms with Crippen molar-refractivity contribution >= 4 is 22.1 Å². The van der Waals surface area contributed by atoms with E-state index in [4.69, 9.17) is 9.15 Å². The minimum Gasteiger partial charge on any atom is -0.496 e. The fraction of sp³-hybridized carbons (Fsp3) is 0.333. The summed E-state index contributed by atoms with van der Waals surface area (Å²) in [6.45, 7) is 6.56. The summed E-state index contributed by atoms with van der Waals surface area (Å²) in [4.78, 5) is 0. The van der Waals surface area contributed by atoms with Crippen LogP contribution in [0.15, 0.2) is 59.2 Å². The van der Waals surface area contributed by atoms with Crippen LogP contribution in [0.5, 0.6) is 5.75 Å². The van der Waals surface area contributed by atoms with Crippen molar-refractivity contribution in [3.63, 3.8) is 0 Å². The summed E-state index contributed by atoms with van der Waals surface area (Å²) in [6, 6.07) is 13.0. The van der Waals surface area contributed by atoms with E-state index < -0.39 is 0 Å². The van der Waals surface area contributed by atoms with E-state index in [0.717, 1.165) is 29.6 Å². The average molecular weight is 387 g/mol. The van der Waals surface area contributed by atoms with Gasteiger partial charge in [0.25, 0.3) is 0 Å². The molecule has 1 saturated carbocycles. The van der Waals surface area contributed by atoms with Crippen molar-refractivity contribution in [2.75, 3.05) is 7.11 Å². The molecule has 29 heavy (non-hydrogen) atoms.